The van der Waals surface area contributed by atoms with Crippen molar-refractivity contribution in [3.8, 4) is 5.75 Å². The Balaban J connectivity index is 2.23. The Morgan fingerprint density at radius 3 is 2.50 bits per heavy atom. The molecule has 0 aromatic heterocycles. The lowest BCUT2D eigenvalue weighted by Gasteiger charge is -2.18. The average molecular weight is 394 g/mol. The van der Waals surface area contributed by atoms with E-state index in [9.17, 15) is 23.5 Å². The Kier molecular flexibility index (Phi) is 7.14. The monoisotopic (exact) mass is 394 g/mol. The lowest BCUT2D eigenvalue weighted by Crippen LogP contribution is -2.23. The molecule has 0 spiro atoms. The Hall–Kier alpha value is -3.36. The van der Waals surface area contributed by atoms with Gasteiger partial charge in [-0.25, -0.2) is 18.4 Å². The zero-order chi connectivity index (χ0) is 20.7. The van der Waals surface area contributed by atoms with Crippen molar-refractivity contribution in [1.29, 1.82) is 0 Å². The molecule has 1 unspecified atom stereocenters. The minimum absolute atomic E-state index is 0.105. The standard InChI is InChI=1S/C19H20F2N2O5/c1-3-28-13-6-7-15(20)14(9-13)17(18(24)25)23-12-5-4-11(16(21)8-12)10-22-19(26)27-2/h4-9,17,23H,3,10H2,1-2H3,(H,22,26)(H,24,25). The van der Waals surface area contributed by atoms with Gasteiger partial charge in [0.15, 0.2) is 6.04 Å². The first-order valence-corrected chi connectivity index (χ1v) is 8.37. The fraction of sp³-hybridized carbons (Fsp3) is 0.263. The summed E-state index contributed by atoms with van der Waals surface area (Å²) in [5, 5.41) is 14.4. The van der Waals surface area contributed by atoms with Crippen molar-refractivity contribution in [3.63, 3.8) is 0 Å². The van der Waals surface area contributed by atoms with Gasteiger partial charge in [0, 0.05) is 23.4 Å². The lowest BCUT2D eigenvalue weighted by atomic mass is 10.0. The Morgan fingerprint density at radius 1 is 1.14 bits per heavy atom. The van der Waals surface area contributed by atoms with Crippen molar-refractivity contribution < 1.29 is 33.0 Å². The van der Waals surface area contributed by atoms with E-state index in [0.29, 0.717) is 12.4 Å². The summed E-state index contributed by atoms with van der Waals surface area (Å²) in [5.41, 5.74) is 0.163. The van der Waals surface area contributed by atoms with Crippen LogP contribution in [0, 0.1) is 11.6 Å². The molecule has 9 heteroatoms. The van der Waals surface area contributed by atoms with Crippen LogP contribution in [0.25, 0.3) is 0 Å². The van der Waals surface area contributed by atoms with Crippen molar-refractivity contribution in [3.05, 3.63) is 59.2 Å². The van der Waals surface area contributed by atoms with E-state index in [2.05, 4.69) is 15.4 Å². The highest BCUT2D eigenvalue weighted by molar-refractivity contribution is 5.79. The molecule has 1 atom stereocenters. The normalized spacial score (nSPS) is 11.4. The zero-order valence-corrected chi connectivity index (χ0v) is 15.3. The van der Waals surface area contributed by atoms with Gasteiger partial charge in [-0.1, -0.05) is 6.07 Å². The molecule has 7 nitrogen and oxygen atoms in total. The number of hydrogen-bond donors (Lipinski definition) is 3. The summed E-state index contributed by atoms with van der Waals surface area (Å²) in [4.78, 5) is 22.7. The molecule has 2 aromatic rings. The molecule has 0 aliphatic heterocycles. The number of aliphatic carboxylic acids is 1. The summed E-state index contributed by atoms with van der Waals surface area (Å²) >= 11 is 0. The van der Waals surface area contributed by atoms with Crippen LogP contribution in [0.3, 0.4) is 0 Å². The number of carbonyl (C=O) groups excluding carboxylic acids is 1. The number of ether oxygens (including phenoxy) is 2. The highest BCUT2D eigenvalue weighted by atomic mass is 19.1. The number of benzene rings is 2. The summed E-state index contributed by atoms with van der Waals surface area (Å²) in [6, 6.07) is 6.20. The molecule has 0 aliphatic carbocycles. The highest BCUT2D eigenvalue weighted by Crippen LogP contribution is 2.27. The van der Waals surface area contributed by atoms with Crippen LogP contribution in [0.4, 0.5) is 19.3 Å². The van der Waals surface area contributed by atoms with Crippen molar-refractivity contribution in [2.45, 2.75) is 19.5 Å². The van der Waals surface area contributed by atoms with Crippen LogP contribution < -0.4 is 15.4 Å². The molecule has 2 rings (SSSR count). The van der Waals surface area contributed by atoms with E-state index in [0.717, 1.165) is 12.1 Å². The van der Waals surface area contributed by atoms with Gasteiger partial charge in [-0.15, -0.1) is 0 Å². The molecular formula is C19H20F2N2O5. The van der Waals surface area contributed by atoms with Gasteiger partial charge in [-0.2, -0.15) is 0 Å². The summed E-state index contributed by atoms with van der Waals surface area (Å²) in [6.07, 6.45) is -0.711. The number of anilines is 1. The van der Waals surface area contributed by atoms with Crippen LogP contribution in [0.15, 0.2) is 36.4 Å². The fourth-order valence-corrected chi connectivity index (χ4v) is 2.46. The second-order valence-corrected chi connectivity index (χ2v) is 5.68. The van der Waals surface area contributed by atoms with Gasteiger partial charge in [-0.05, 0) is 37.3 Å². The maximum atomic E-state index is 14.2. The smallest absolute Gasteiger partial charge is 0.407 e. The van der Waals surface area contributed by atoms with Crippen LogP contribution in [0.5, 0.6) is 5.75 Å². The van der Waals surface area contributed by atoms with Gasteiger partial charge >= 0.3 is 12.1 Å². The largest absolute Gasteiger partial charge is 0.494 e. The quantitative estimate of drug-likeness (QED) is 0.635. The van der Waals surface area contributed by atoms with Crippen molar-refractivity contribution in [2.75, 3.05) is 19.0 Å². The van der Waals surface area contributed by atoms with Crippen LogP contribution in [-0.4, -0.2) is 30.9 Å². The van der Waals surface area contributed by atoms with Crippen molar-refractivity contribution in [1.82, 2.24) is 5.32 Å². The number of carboxylic acids is 1. The third-order valence-electron chi connectivity index (χ3n) is 3.81. The molecular weight excluding hydrogens is 374 g/mol. The van der Waals surface area contributed by atoms with Crippen LogP contribution in [0.2, 0.25) is 0 Å². The summed E-state index contributed by atoms with van der Waals surface area (Å²) in [5.74, 6) is -2.43. The molecule has 1 amide bonds. The van der Waals surface area contributed by atoms with Crippen molar-refractivity contribution >= 4 is 17.7 Å². The number of carboxylic acid groups (broad SMARTS) is 1. The number of rotatable bonds is 8. The maximum Gasteiger partial charge on any atom is 0.407 e. The first-order chi connectivity index (χ1) is 13.3. The van der Waals surface area contributed by atoms with Gasteiger partial charge in [-0.3, -0.25) is 0 Å². The highest BCUT2D eigenvalue weighted by Gasteiger charge is 2.24. The molecule has 3 N–H and O–H groups in total. The third kappa shape index (κ3) is 5.32. The Labute approximate surface area is 160 Å². The molecule has 0 radical (unpaired) electrons. The second kappa shape index (κ2) is 9.54. The lowest BCUT2D eigenvalue weighted by molar-refractivity contribution is -0.138. The molecule has 0 bridgehead atoms. The minimum Gasteiger partial charge on any atom is -0.494 e. The molecule has 0 fully saturated rings. The number of methoxy groups -OCH3 is 1. The van der Waals surface area contributed by atoms with E-state index >= 15 is 0 Å². The van der Waals surface area contributed by atoms with E-state index < -0.39 is 29.7 Å². The average Bonchev–Trinajstić information content (AvgIpc) is 2.66. The van der Waals surface area contributed by atoms with Gasteiger partial charge in [0.25, 0.3) is 0 Å². The molecule has 2 aromatic carbocycles. The van der Waals surface area contributed by atoms with Crippen molar-refractivity contribution in [2.24, 2.45) is 0 Å². The van der Waals surface area contributed by atoms with Crippen LogP contribution in [0.1, 0.15) is 24.1 Å². The molecule has 0 saturated carbocycles. The molecule has 150 valence electrons. The molecule has 0 saturated heterocycles. The first-order valence-electron chi connectivity index (χ1n) is 8.37. The SMILES string of the molecule is CCOc1ccc(F)c(C(Nc2ccc(CNC(=O)OC)c(F)c2)C(=O)O)c1. The summed E-state index contributed by atoms with van der Waals surface area (Å²) < 4.78 is 38.1. The number of amides is 1. The summed E-state index contributed by atoms with van der Waals surface area (Å²) in [7, 11) is 1.18. The number of nitrogens with one attached hydrogen (secondary N) is 2. The number of halogens is 2. The fourth-order valence-electron chi connectivity index (χ4n) is 2.46. The topological polar surface area (TPSA) is 96.9 Å². The summed E-state index contributed by atoms with van der Waals surface area (Å²) in [6.45, 7) is 1.98. The van der Waals surface area contributed by atoms with Crippen LogP contribution >= 0.6 is 0 Å². The number of hydrogen-bond acceptors (Lipinski definition) is 5. The predicted molar refractivity (Wildman–Crippen MR) is 97.2 cm³/mol. The molecule has 28 heavy (non-hydrogen) atoms. The first kappa shape index (κ1) is 20.9. The molecule has 0 heterocycles. The number of alkyl carbamates (subject to hydrolysis) is 1. The second-order valence-electron chi connectivity index (χ2n) is 5.68. The van der Waals surface area contributed by atoms with Gasteiger partial charge < -0.3 is 25.2 Å². The van der Waals surface area contributed by atoms with E-state index in [-0.39, 0.29) is 23.4 Å². The van der Waals surface area contributed by atoms with Gasteiger partial charge in [0.05, 0.1) is 13.7 Å². The van der Waals surface area contributed by atoms with E-state index in [1.807, 2.05) is 0 Å². The van der Waals surface area contributed by atoms with Crippen LogP contribution in [-0.2, 0) is 16.1 Å². The maximum absolute atomic E-state index is 14.2. The third-order valence-corrected chi connectivity index (χ3v) is 3.81. The molecule has 0 aliphatic rings. The van der Waals surface area contributed by atoms with E-state index in [1.165, 1.54) is 31.4 Å². The number of carbonyl (C=O) groups is 2. The van der Waals surface area contributed by atoms with E-state index in [1.54, 1.807) is 6.92 Å². The van der Waals surface area contributed by atoms with Gasteiger partial charge in [0.1, 0.15) is 17.4 Å². The Bertz CT molecular complexity index is 860. The predicted octanol–water partition coefficient (Wildman–Crippen LogP) is 3.46. The Morgan fingerprint density at radius 2 is 1.89 bits per heavy atom. The van der Waals surface area contributed by atoms with Gasteiger partial charge in [0.2, 0.25) is 0 Å². The zero-order valence-electron chi connectivity index (χ0n) is 15.3. The van der Waals surface area contributed by atoms with E-state index in [4.69, 9.17) is 4.74 Å². The minimum atomic E-state index is -1.46.